The third-order valence-corrected chi connectivity index (χ3v) is 7.48. The maximum atomic E-state index is 11.7. The number of carbonyl (C=O) groups is 1. The van der Waals surface area contributed by atoms with Gasteiger partial charge in [0.15, 0.2) is 12.1 Å². The molecule has 120 valence electrons. The van der Waals surface area contributed by atoms with Crippen molar-refractivity contribution in [2.45, 2.75) is 58.2 Å². The van der Waals surface area contributed by atoms with E-state index in [1.165, 1.54) is 5.57 Å². The molecule has 0 aromatic heterocycles. The van der Waals surface area contributed by atoms with Crippen LogP contribution in [0.3, 0.4) is 0 Å². The van der Waals surface area contributed by atoms with Gasteiger partial charge in [0.2, 0.25) is 0 Å². The van der Waals surface area contributed by atoms with Crippen LogP contribution in [0.4, 0.5) is 0 Å². The number of hydrogen-bond donors (Lipinski definition) is 2. The Kier molecular flexibility index (Phi) is 3.18. The van der Waals surface area contributed by atoms with E-state index >= 15 is 0 Å². The molecule has 4 aliphatic carbocycles. The summed E-state index contributed by atoms with van der Waals surface area (Å²) in [5.41, 5.74) is 1.05. The highest BCUT2D eigenvalue weighted by Gasteiger charge is 2.59. The molecule has 0 aliphatic heterocycles. The smallest absolute Gasteiger partial charge is 0.178 e. The average Bonchev–Trinajstić information content (AvgIpc) is 2.93. The van der Waals surface area contributed by atoms with E-state index in [-0.39, 0.29) is 16.6 Å². The van der Waals surface area contributed by atoms with Crippen LogP contribution in [0.5, 0.6) is 0 Å². The van der Waals surface area contributed by atoms with Gasteiger partial charge >= 0.3 is 0 Å². The molecule has 3 heteroatoms. The second-order valence-electron chi connectivity index (χ2n) is 8.14. The Morgan fingerprint density at radius 1 is 1.18 bits per heavy atom. The summed E-state index contributed by atoms with van der Waals surface area (Å²) >= 11 is 0. The highest BCUT2D eigenvalue weighted by molar-refractivity contribution is 6.01. The molecule has 3 saturated carbocycles. The molecule has 5 atom stereocenters. The van der Waals surface area contributed by atoms with Gasteiger partial charge in [-0.2, -0.15) is 0 Å². The van der Waals surface area contributed by atoms with Gasteiger partial charge in [-0.05, 0) is 68.4 Å². The maximum absolute atomic E-state index is 11.7. The summed E-state index contributed by atoms with van der Waals surface area (Å²) in [6.07, 6.45) is 11.8. The fourth-order valence-corrected chi connectivity index (χ4v) is 6.35. The Bertz CT molecular complexity index is 561. The van der Waals surface area contributed by atoms with E-state index in [0.29, 0.717) is 17.8 Å². The monoisotopic (exact) mass is 302 g/mol. The number of hydrogen-bond acceptors (Lipinski definition) is 3. The first-order valence-electron chi connectivity index (χ1n) is 8.78. The molecule has 4 aliphatic rings. The van der Waals surface area contributed by atoms with E-state index in [1.54, 1.807) is 6.08 Å². The first-order chi connectivity index (χ1) is 10.5. The first kappa shape index (κ1) is 14.6. The van der Waals surface area contributed by atoms with Crippen molar-refractivity contribution in [3.8, 4) is 0 Å². The lowest BCUT2D eigenvalue weighted by atomic mass is 9.48. The zero-order valence-corrected chi connectivity index (χ0v) is 13.3. The molecule has 0 aromatic rings. The Balaban J connectivity index is 1.70. The van der Waals surface area contributed by atoms with E-state index in [1.807, 2.05) is 6.08 Å². The number of carbonyl (C=O) groups excluding carboxylic acids is 1. The lowest BCUT2D eigenvalue weighted by molar-refractivity contribution is -0.186. The van der Waals surface area contributed by atoms with Gasteiger partial charge in [-0.15, -0.1) is 0 Å². The lowest BCUT2D eigenvalue weighted by Gasteiger charge is -2.57. The number of allylic oxidation sites excluding steroid dienone is 4. The summed E-state index contributed by atoms with van der Waals surface area (Å²) < 4.78 is 0. The zero-order valence-electron chi connectivity index (χ0n) is 13.3. The molecule has 0 bridgehead atoms. The van der Waals surface area contributed by atoms with E-state index in [9.17, 15) is 15.0 Å². The Labute approximate surface area is 132 Å². The zero-order chi connectivity index (χ0) is 15.5. The van der Waals surface area contributed by atoms with E-state index in [2.05, 4.69) is 13.0 Å². The molecule has 4 rings (SSSR count). The van der Waals surface area contributed by atoms with Gasteiger partial charge in [-0.25, -0.2) is 0 Å². The van der Waals surface area contributed by atoms with Crippen LogP contribution in [0.25, 0.3) is 0 Å². The largest absolute Gasteiger partial charge is 0.368 e. The Morgan fingerprint density at radius 2 is 2.00 bits per heavy atom. The second-order valence-corrected chi connectivity index (χ2v) is 8.14. The molecule has 0 unspecified atom stereocenters. The summed E-state index contributed by atoms with van der Waals surface area (Å²) in [5, 5.41) is 20.1. The van der Waals surface area contributed by atoms with E-state index in [4.69, 9.17) is 0 Å². The molecule has 0 saturated heterocycles. The molecule has 3 fully saturated rings. The molecule has 0 heterocycles. The molecule has 0 aromatic carbocycles. The molecule has 22 heavy (non-hydrogen) atoms. The van der Waals surface area contributed by atoms with Gasteiger partial charge in [0.1, 0.15) is 0 Å². The summed E-state index contributed by atoms with van der Waals surface area (Å²) in [5.74, 6) is 1.68. The van der Waals surface area contributed by atoms with Gasteiger partial charge in [0.05, 0.1) is 0 Å². The Hall–Kier alpha value is -0.930. The molecule has 0 spiro atoms. The summed E-state index contributed by atoms with van der Waals surface area (Å²) in [7, 11) is 0. The molecule has 0 amide bonds. The lowest BCUT2D eigenvalue weighted by Crippen LogP contribution is -2.52. The summed E-state index contributed by atoms with van der Waals surface area (Å²) in [4.78, 5) is 11.7. The second kappa shape index (κ2) is 4.78. The predicted molar refractivity (Wildman–Crippen MR) is 83.8 cm³/mol. The third kappa shape index (κ3) is 1.78. The van der Waals surface area contributed by atoms with Gasteiger partial charge < -0.3 is 10.2 Å². The van der Waals surface area contributed by atoms with Crippen LogP contribution in [0.1, 0.15) is 51.9 Å². The minimum Gasteiger partial charge on any atom is -0.368 e. The van der Waals surface area contributed by atoms with Crippen molar-refractivity contribution in [3.63, 3.8) is 0 Å². The topological polar surface area (TPSA) is 57.5 Å². The fourth-order valence-electron chi connectivity index (χ4n) is 6.35. The van der Waals surface area contributed by atoms with Crippen LogP contribution < -0.4 is 0 Å². The quantitative estimate of drug-likeness (QED) is 0.732. The molecule has 2 N–H and O–H groups in total. The highest BCUT2D eigenvalue weighted by Crippen LogP contribution is 2.65. The van der Waals surface area contributed by atoms with Crippen LogP contribution in [0.2, 0.25) is 0 Å². The van der Waals surface area contributed by atoms with Gasteiger partial charge in [-0.3, -0.25) is 4.79 Å². The van der Waals surface area contributed by atoms with Gasteiger partial charge in [0.25, 0.3) is 0 Å². The number of fused-ring (bicyclic) bond motifs is 5. The molecular formula is C19H26O3. The third-order valence-electron chi connectivity index (χ3n) is 7.48. The van der Waals surface area contributed by atoms with Crippen LogP contribution >= 0.6 is 0 Å². The van der Waals surface area contributed by atoms with Crippen LogP contribution in [-0.4, -0.2) is 22.3 Å². The number of rotatable bonds is 1. The van der Waals surface area contributed by atoms with Crippen molar-refractivity contribution in [1.82, 2.24) is 0 Å². The molecule has 0 radical (unpaired) electrons. The first-order valence-corrected chi connectivity index (χ1v) is 8.78. The number of ketones is 1. The predicted octanol–water partition coefficient (Wildman–Crippen LogP) is 2.98. The van der Waals surface area contributed by atoms with Crippen LogP contribution in [-0.2, 0) is 4.79 Å². The van der Waals surface area contributed by atoms with Crippen molar-refractivity contribution >= 4 is 5.78 Å². The van der Waals surface area contributed by atoms with E-state index < -0.39 is 6.29 Å². The number of aliphatic hydroxyl groups excluding tert-OH is 1. The van der Waals surface area contributed by atoms with Gasteiger partial charge in [0, 0.05) is 10.8 Å². The van der Waals surface area contributed by atoms with E-state index in [0.717, 1.165) is 44.9 Å². The maximum Gasteiger partial charge on any atom is 0.178 e. The Morgan fingerprint density at radius 3 is 2.77 bits per heavy atom. The summed E-state index contributed by atoms with van der Waals surface area (Å²) in [6, 6.07) is 0. The SMILES string of the molecule is C[C@]12C=CC(=O)C=C1CC[C@H]1[C@@H]3CCC[C@@]3(C(O)O)CC[C@@H]12. The van der Waals surface area contributed by atoms with Gasteiger partial charge in [-0.1, -0.05) is 25.0 Å². The number of aliphatic hydroxyl groups is 2. The standard InChI is InChI=1S/C19H26O3/c1-18-9-6-13(20)11-12(18)4-5-14-15(18)7-10-19(17(21)22)8-2-3-16(14)19/h6,9,11,14-17,21-22H,2-5,7-8,10H2,1H3/t14-,15+,16+,18+,19-/m1/s1. The normalized spacial score (nSPS) is 47.0. The minimum atomic E-state index is -1.17. The van der Waals surface area contributed by atoms with Crippen LogP contribution in [0.15, 0.2) is 23.8 Å². The highest BCUT2D eigenvalue weighted by atomic mass is 16.5. The summed E-state index contributed by atoms with van der Waals surface area (Å²) in [6.45, 7) is 2.29. The average molecular weight is 302 g/mol. The van der Waals surface area contributed by atoms with Crippen LogP contribution in [0, 0.1) is 28.6 Å². The fraction of sp³-hybridized carbons (Fsp3) is 0.737. The van der Waals surface area contributed by atoms with Crippen molar-refractivity contribution < 1.29 is 15.0 Å². The molecule has 3 nitrogen and oxygen atoms in total. The van der Waals surface area contributed by atoms with Crippen molar-refractivity contribution in [3.05, 3.63) is 23.8 Å². The molecular weight excluding hydrogens is 276 g/mol. The van der Waals surface area contributed by atoms with Crippen molar-refractivity contribution in [2.24, 2.45) is 28.6 Å². The van der Waals surface area contributed by atoms with Crippen molar-refractivity contribution in [2.75, 3.05) is 0 Å². The van der Waals surface area contributed by atoms with Crippen molar-refractivity contribution in [1.29, 1.82) is 0 Å². The minimum absolute atomic E-state index is 0.00594.